The minimum atomic E-state index is -0.579. The molecule has 1 N–H and O–H groups in total. The lowest BCUT2D eigenvalue weighted by molar-refractivity contribution is 0.410. The topological polar surface area (TPSA) is 76.6 Å². The molecule has 1 aromatic heterocycles. The van der Waals surface area contributed by atoms with Crippen molar-refractivity contribution in [3.63, 3.8) is 0 Å². The third-order valence-corrected chi connectivity index (χ3v) is 3.33. The summed E-state index contributed by atoms with van der Waals surface area (Å²) in [5.41, 5.74) is 1.02. The van der Waals surface area contributed by atoms with E-state index in [0.29, 0.717) is 11.4 Å². The second-order valence-corrected chi connectivity index (χ2v) is 4.94. The first kappa shape index (κ1) is 14.8. The monoisotopic (exact) mass is 287 g/mol. The number of hydrogen-bond acceptors (Lipinski definition) is 4. The van der Waals surface area contributed by atoms with Gasteiger partial charge in [-0.1, -0.05) is 17.7 Å². The molecule has 2 aromatic rings. The van der Waals surface area contributed by atoms with Crippen LogP contribution in [0.15, 0.2) is 38.8 Å². The lowest BCUT2D eigenvalue weighted by Gasteiger charge is -2.10. The number of nitrogens with zero attached hydrogens (tertiary/aromatic N) is 3. The minimum absolute atomic E-state index is 0.0279. The smallest absolute Gasteiger partial charge is 0.333 e. The standard InChI is InChI=1S/C15H17N3O3/c1-9-5-7-11(8-6-9)16-10(2)12-13(19)17(3)15(21)18(4)14(12)20/h5-8,19H,1-4H3. The number of aryl methyl sites for hydroxylation is 1. The molecule has 0 saturated carbocycles. The van der Waals surface area contributed by atoms with Gasteiger partial charge in [0, 0.05) is 14.1 Å². The normalized spacial score (nSPS) is 11.7. The van der Waals surface area contributed by atoms with E-state index in [1.165, 1.54) is 14.1 Å². The van der Waals surface area contributed by atoms with Crippen molar-refractivity contribution in [3.05, 3.63) is 56.2 Å². The zero-order valence-electron chi connectivity index (χ0n) is 12.4. The molecule has 0 amide bonds. The Bertz CT molecular complexity index is 827. The summed E-state index contributed by atoms with van der Waals surface area (Å²) in [4.78, 5) is 28.2. The van der Waals surface area contributed by atoms with Crippen molar-refractivity contribution in [1.82, 2.24) is 9.13 Å². The number of aromatic nitrogens is 2. The maximum atomic E-state index is 12.2. The Kier molecular flexibility index (Phi) is 3.80. The van der Waals surface area contributed by atoms with Crippen molar-refractivity contribution < 1.29 is 5.11 Å². The predicted octanol–water partition coefficient (Wildman–Crippen LogP) is 1.24. The van der Waals surface area contributed by atoms with Gasteiger partial charge in [-0.05, 0) is 26.0 Å². The molecular formula is C15H17N3O3. The number of aliphatic imine (C=N–C) groups is 1. The lowest BCUT2D eigenvalue weighted by Crippen LogP contribution is -2.39. The highest BCUT2D eigenvalue weighted by molar-refractivity contribution is 6.01. The maximum absolute atomic E-state index is 12.2. The van der Waals surface area contributed by atoms with Crippen LogP contribution in [0.3, 0.4) is 0 Å². The van der Waals surface area contributed by atoms with Crippen molar-refractivity contribution in [1.29, 1.82) is 0 Å². The van der Waals surface area contributed by atoms with Gasteiger partial charge < -0.3 is 5.11 Å². The van der Waals surface area contributed by atoms with Gasteiger partial charge in [0.2, 0.25) is 5.88 Å². The van der Waals surface area contributed by atoms with E-state index in [-0.39, 0.29) is 11.4 Å². The van der Waals surface area contributed by atoms with Crippen LogP contribution in [0.25, 0.3) is 0 Å². The van der Waals surface area contributed by atoms with Gasteiger partial charge in [-0.25, -0.2) is 4.79 Å². The van der Waals surface area contributed by atoms with E-state index in [1.54, 1.807) is 6.92 Å². The molecule has 0 saturated heterocycles. The molecule has 6 nitrogen and oxygen atoms in total. The highest BCUT2D eigenvalue weighted by Crippen LogP contribution is 2.17. The molecule has 0 atom stereocenters. The van der Waals surface area contributed by atoms with Crippen LogP contribution in [0, 0.1) is 6.92 Å². The van der Waals surface area contributed by atoms with Crippen LogP contribution in [0.4, 0.5) is 5.69 Å². The van der Waals surface area contributed by atoms with Crippen molar-refractivity contribution in [2.24, 2.45) is 19.1 Å². The summed E-state index contributed by atoms with van der Waals surface area (Å²) in [6.07, 6.45) is 0. The summed E-state index contributed by atoms with van der Waals surface area (Å²) in [5, 5.41) is 10.0. The van der Waals surface area contributed by atoms with E-state index in [9.17, 15) is 14.7 Å². The van der Waals surface area contributed by atoms with Gasteiger partial charge in [-0.15, -0.1) is 0 Å². The van der Waals surface area contributed by atoms with Crippen LogP contribution in [0.2, 0.25) is 0 Å². The molecule has 0 fully saturated rings. The number of rotatable bonds is 2. The highest BCUT2D eigenvalue weighted by Gasteiger charge is 2.17. The van der Waals surface area contributed by atoms with Crippen LogP contribution in [-0.4, -0.2) is 20.0 Å². The first-order chi connectivity index (χ1) is 9.82. The SMILES string of the molecule is CC(=Nc1ccc(C)cc1)c1c(O)n(C)c(=O)n(C)c1=O. The van der Waals surface area contributed by atoms with Crippen molar-refractivity contribution >= 4 is 11.4 Å². The number of aromatic hydroxyl groups is 1. The molecule has 21 heavy (non-hydrogen) atoms. The van der Waals surface area contributed by atoms with Gasteiger partial charge in [0.25, 0.3) is 5.56 Å². The Morgan fingerprint density at radius 3 is 2.24 bits per heavy atom. The fourth-order valence-electron chi connectivity index (χ4n) is 2.02. The highest BCUT2D eigenvalue weighted by atomic mass is 16.3. The fraction of sp³-hybridized carbons (Fsp3) is 0.267. The molecule has 0 aliphatic rings. The van der Waals surface area contributed by atoms with Gasteiger partial charge >= 0.3 is 5.69 Å². The molecule has 0 spiro atoms. The van der Waals surface area contributed by atoms with Gasteiger partial charge in [0.05, 0.1) is 11.4 Å². The quantitative estimate of drug-likeness (QED) is 0.844. The first-order valence-corrected chi connectivity index (χ1v) is 6.44. The van der Waals surface area contributed by atoms with E-state index in [4.69, 9.17) is 0 Å². The summed E-state index contributed by atoms with van der Waals surface area (Å²) in [6.45, 7) is 3.59. The molecule has 0 bridgehead atoms. The molecule has 110 valence electrons. The van der Waals surface area contributed by atoms with E-state index < -0.39 is 11.2 Å². The van der Waals surface area contributed by atoms with Crippen molar-refractivity contribution in [2.75, 3.05) is 0 Å². The summed E-state index contributed by atoms with van der Waals surface area (Å²) in [5.74, 6) is -0.378. The van der Waals surface area contributed by atoms with Gasteiger partial charge in [-0.2, -0.15) is 0 Å². The lowest BCUT2D eigenvalue weighted by atomic mass is 10.2. The van der Waals surface area contributed by atoms with Crippen LogP contribution in [0.1, 0.15) is 18.1 Å². The van der Waals surface area contributed by atoms with Crippen LogP contribution >= 0.6 is 0 Å². The molecule has 1 aromatic carbocycles. The number of hydrogen-bond donors (Lipinski definition) is 1. The zero-order valence-corrected chi connectivity index (χ0v) is 12.4. The molecule has 1 heterocycles. The largest absolute Gasteiger partial charge is 0.494 e. The van der Waals surface area contributed by atoms with Gasteiger partial charge in [0.15, 0.2) is 0 Å². The van der Waals surface area contributed by atoms with Crippen LogP contribution in [0.5, 0.6) is 5.88 Å². The van der Waals surface area contributed by atoms with Crippen LogP contribution < -0.4 is 11.2 Å². The average Bonchev–Trinajstić information content (AvgIpc) is 2.46. The van der Waals surface area contributed by atoms with Crippen LogP contribution in [-0.2, 0) is 14.1 Å². The Morgan fingerprint density at radius 2 is 1.67 bits per heavy atom. The Balaban J connectivity index is 2.64. The van der Waals surface area contributed by atoms with E-state index in [2.05, 4.69) is 4.99 Å². The zero-order chi connectivity index (χ0) is 15.7. The van der Waals surface area contributed by atoms with Gasteiger partial charge in [0.1, 0.15) is 5.56 Å². The number of benzene rings is 1. The molecule has 0 radical (unpaired) electrons. The van der Waals surface area contributed by atoms with E-state index >= 15 is 0 Å². The molecule has 0 aliphatic heterocycles. The van der Waals surface area contributed by atoms with Crippen molar-refractivity contribution in [2.45, 2.75) is 13.8 Å². The molecule has 2 rings (SSSR count). The van der Waals surface area contributed by atoms with Gasteiger partial charge in [-0.3, -0.25) is 18.9 Å². The first-order valence-electron chi connectivity index (χ1n) is 6.44. The summed E-state index contributed by atoms with van der Waals surface area (Å²) < 4.78 is 1.97. The second-order valence-electron chi connectivity index (χ2n) is 4.94. The summed E-state index contributed by atoms with van der Waals surface area (Å²) in [7, 11) is 2.77. The Hall–Kier alpha value is -2.63. The Labute approximate surface area is 121 Å². The summed E-state index contributed by atoms with van der Waals surface area (Å²) in [6, 6.07) is 7.46. The van der Waals surface area contributed by atoms with E-state index in [0.717, 1.165) is 14.7 Å². The average molecular weight is 287 g/mol. The predicted molar refractivity (Wildman–Crippen MR) is 81.6 cm³/mol. The van der Waals surface area contributed by atoms with Crippen molar-refractivity contribution in [3.8, 4) is 5.88 Å². The Morgan fingerprint density at radius 1 is 1.10 bits per heavy atom. The third-order valence-electron chi connectivity index (χ3n) is 3.33. The summed E-state index contributed by atoms with van der Waals surface area (Å²) >= 11 is 0. The molecule has 0 unspecified atom stereocenters. The molecule has 0 aliphatic carbocycles. The fourth-order valence-corrected chi connectivity index (χ4v) is 2.02. The maximum Gasteiger partial charge on any atom is 0.333 e. The second kappa shape index (κ2) is 5.40. The molecular weight excluding hydrogens is 270 g/mol. The molecule has 6 heteroatoms. The van der Waals surface area contributed by atoms with E-state index in [1.807, 2.05) is 31.2 Å². The minimum Gasteiger partial charge on any atom is -0.494 e. The third kappa shape index (κ3) is 2.65.